The lowest BCUT2D eigenvalue weighted by molar-refractivity contribution is -0.146. The minimum atomic E-state index is -1.63. The zero-order valence-corrected chi connectivity index (χ0v) is 10.4. The van der Waals surface area contributed by atoms with E-state index in [0.29, 0.717) is 13.0 Å². The summed E-state index contributed by atoms with van der Waals surface area (Å²) >= 11 is 0. The Morgan fingerprint density at radius 2 is 2.00 bits per heavy atom. The van der Waals surface area contributed by atoms with Gasteiger partial charge in [0, 0.05) is 20.0 Å². The maximum Gasteiger partial charge on any atom is 0.334 e. The fourth-order valence-electron chi connectivity index (χ4n) is 1.07. The van der Waals surface area contributed by atoms with Gasteiger partial charge in [-0.05, 0) is 6.42 Å². The standard InChI is InChI=1S/C10H18N2O6/c1-12(5-3-4-8(14)18-2)10(17)11-6-7(13)9(15)16/h7,13H,3-6H2,1-2H3,(H,11,17)(H,15,16). The Labute approximate surface area is 105 Å². The number of carbonyl (C=O) groups excluding carboxylic acids is 2. The molecular weight excluding hydrogens is 244 g/mol. The number of carbonyl (C=O) groups is 3. The molecular formula is C10H18N2O6. The molecule has 3 N–H and O–H groups in total. The van der Waals surface area contributed by atoms with Gasteiger partial charge >= 0.3 is 18.0 Å². The minimum Gasteiger partial charge on any atom is -0.479 e. The van der Waals surface area contributed by atoms with E-state index in [4.69, 9.17) is 10.2 Å². The third kappa shape index (κ3) is 6.69. The number of aliphatic hydroxyl groups excluding tert-OH is 1. The van der Waals surface area contributed by atoms with E-state index in [9.17, 15) is 14.4 Å². The average Bonchev–Trinajstić information content (AvgIpc) is 2.34. The lowest BCUT2D eigenvalue weighted by Crippen LogP contribution is -2.43. The van der Waals surface area contributed by atoms with Gasteiger partial charge in [-0.1, -0.05) is 0 Å². The van der Waals surface area contributed by atoms with Crippen LogP contribution < -0.4 is 5.32 Å². The second-order valence-corrected chi connectivity index (χ2v) is 3.64. The average molecular weight is 262 g/mol. The van der Waals surface area contributed by atoms with Crippen LogP contribution in [-0.4, -0.2) is 66.4 Å². The van der Waals surface area contributed by atoms with Crippen LogP contribution in [0.5, 0.6) is 0 Å². The molecule has 0 rings (SSSR count). The summed E-state index contributed by atoms with van der Waals surface area (Å²) in [7, 11) is 2.78. The largest absolute Gasteiger partial charge is 0.479 e. The van der Waals surface area contributed by atoms with E-state index in [1.54, 1.807) is 0 Å². The number of rotatable bonds is 7. The summed E-state index contributed by atoms with van der Waals surface area (Å²) in [5.41, 5.74) is 0. The van der Waals surface area contributed by atoms with Crippen molar-refractivity contribution in [1.29, 1.82) is 0 Å². The Kier molecular flexibility index (Phi) is 7.45. The summed E-state index contributed by atoms with van der Waals surface area (Å²) in [6, 6.07) is -0.514. The fourth-order valence-corrected chi connectivity index (χ4v) is 1.07. The topological polar surface area (TPSA) is 116 Å². The summed E-state index contributed by atoms with van der Waals surface area (Å²) in [5.74, 6) is -1.76. The summed E-state index contributed by atoms with van der Waals surface area (Å²) in [5, 5.41) is 19.6. The Hall–Kier alpha value is -1.83. The molecule has 0 fully saturated rings. The molecule has 0 aliphatic heterocycles. The van der Waals surface area contributed by atoms with Gasteiger partial charge in [-0.3, -0.25) is 4.79 Å². The number of nitrogens with zero attached hydrogens (tertiary/aromatic N) is 1. The maximum absolute atomic E-state index is 11.4. The number of esters is 1. The van der Waals surface area contributed by atoms with Crippen LogP contribution in [0.3, 0.4) is 0 Å². The monoisotopic (exact) mass is 262 g/mol. The molecule has 1 atom stereocenters. The first-order valence-corrected chi connectivity index (χ1v) is 5.35. The number of urea groups is 1. The molecule has 0 aliphatic rings. The second-order valence-electron chi connectivity index (χ2n) is 3.64. The summed E-state index contributed by atoms with van der Waals surface area (Å²) < 4.78 is 4.44. The van der Waals surface area contributed by atoms with Crippen molar-refractivity contribution in [3.8, 4) is 0 Å². The van der Waals surface area contributed by atoms with Crippen LogP contribution in [0.25, 0.3) is 0 Å². The van der Waals surface area contributed by atoms with E-state index in [1.165, 1.54) is 19.1 Å². The van der Waals surface area contributed by atoms with E-state index in [-0.39, 0.29) is 18.9 Å². The van der Waals surface area contributed by atoms with E-state index in [2.05, 4.69) is 10.1 Å². The quantitative estimate of drug-likeness (QED) is 0.508. The smallest absolute Gasteiger partial charge is 0.334 e. The number of carboxylic acids is 1. The number of aliphatic carboxylic acids is 1. The highest BCUT2D eigenvalue weighted by atomic mass is 16.5. The number of carboxylic acid groups (broad SMARTS) is 1. The molecule has 2 amide bonds. The molecule has 0 spiro atoms. The van der Waals surface area contributed by atoms with Crippen molar-refractivity contribution in [3.63, 3.8) is 0 Å². The summed E-state index contributed by atoms with van der Waals surface area (Å²) in [4.78, 5) is 33.8. The Morgan fingerprint density at radius 3 is 2.50 bits per heavy atom. The van der Waals surface area contributed by atoms with Crippen LogP contribution in [0.1, 0.15) is 12.8 Å². The second kappa shape index (κ2) is 8.29. The third-order valence-corrected chi connectivity index (χ3v) is 2.18. The van der Waals surface area contributed by atoms with Gasteiger partial charge in [-0.2, -0.15) is 0 Å². The van der Waals surface area contributed by atoms with Gasteiger partial charge in [0.15, 0.2) is 6.10 Å². The molecule has 8 nitrogen and oxygen atoms in total. The molecule has 0 saturated carbocycles. The van der Waals surface area contributed by atoms with Gasteiger partial charge in [-0.25, -0.2) is 9.59 Å². The third-order valence-electron chi connectivity index (χ3n) is 2.18. The number of nitrogens with one attached hydrogen (secondary N) is 1. The van der Waals surface area contributed by atoms with E-state index in [0.717, 1.165) is 0 Å². The maximum atomic E-state index is 11.4. The molecule has 8 heteroatoms. The minimum absolute atomic E-state index is 0.200. The van der Waals surface area contributed by atoms with E-state index >= 15 is 0 Å². The van der Waals surface area contributed by atoms with Crippen molar-refractivity contribution in [3.05, 3.63) is 0 Å². The molecule has 0 bridgehead atoms. The van der Waals surface area contributed by atoms with Gasteiger partial charge < -0.3 is 25.2 Å². The fraction of sp³-hybridized carbons (Fsp3) is 0.700. The van der Waals surface area contributed by atoms with Crippen LogP contribution >= 0.6 is 0 Å². The summed E-state index contributed by atoms with van der Waals surface area (Å²) in [6.45, 7) is -0.0421. The predicted octanol–water partition coefficient (Wildman–Crippen LogP) is -0.973. The van der Waals surface area contributed by atoms with Crippen molar-refractivity contribution in [2.45, 2.75) is 18.9 Å². The molecule has 0 heterocycles. The number of hydrogen-bond acceptors (Lipinski definition) is 5. The van der Waals surface area contributed by atoms with Crippen LogP contribution in [0, 0.1) is 0 Å². The first kappa shape index (κ1) is 16.2. The van der Waals surface area contributed by atoms with Crippen molar-refractivity contribution < 1.29 is 29.3 Å². The van der Waals surface area contributed by atoms with Crippen molar-refractivity contribution in [2.75, 3.05) is 27.2 Å². The van der Waals surface area contributed by atoms with Crippen LogP contribution in [0.4, 0.5) is 4.79 Å². The SMILES string of the molecule is COC(=O)CCCN(C)C(=O)NCC(O)C(=O)O. The normalized spacial score (nSPS) is 11.5. The van der Waals surface area contributed by atoms with Crippen molar-refractivity contribution in [2.24, 2.45) is 0 Å². The first-order chi connectivity index (χ1) is 8.38. The molecule has 104 valence electrons. The predicted molar refractivity (Wildman–Crippen MR) is 60.9 cm³/mol. The molecule has 0 aromatic carbocycles. The molecule has 0 aromatic heterocycles. The molecule has 0 radical (unpaired) electrons. The zero-order valence-electron chi connectivity index (χ0n) is 10.4. The molecule has 18 heavy (non-hydrogen) atoms. The molecule has 1 unspecified atom stereocenters. The van der Waals surface area contributed by atoms with Gasteiger partial charge in [0.2, 0.25) is 0 Å². The van der Waals surface area contributed by atoms with Crippen LogP contribution in [-0.2, 0) is 14.3 Å². The highest BCUT2D eigenvalue weighted by Gasteiger charge is 2.15. The Bertz CT molecular complexity index is 307. The number of methoxy groups -OCH3 is 1. The van der Waals surface area contributed by atoms with Crippen molar-refractivity contribution >= 4 is 18.0 Å². The Balaban J connectivity index is 3.83. The lowest BCUT2D eigenvalue weighted by Gasteiger charge is -2.18. The highest BCUT2D eigenvalue weighted by Crippen LogP contribution is 1.95. The van der Waals surface area contributed by atoms with Crippen LogP contribution in [0.2, 0.25) is 0 Å². The van der Waals surface area contributed by atoms with Crippen LogP contribution in [0.15, 0.2) is 0 Å². The molecule has 0 aromatic rings. The first-order valence-electron chi connectivity index (χ1n) is 5.35. The van der Waals surface area contributed by atoms with E-state index in [1.807, 2.05) is 0 Å². The number of aliphatic hydroxyl groups is 1. The van der Waals surface area contributed by atoms with E-state index < -0.39 is 18.1 Å². The number of ether oxygens (including phenoxy) is 1. The Morgan fingerprint density at radius 1 is 1.39 bits per heavy atom. The summed E-state index contributed by atoms with van der Waals surface area (Å²) in [6.07, 6.45) is -0.985. The number of hydrogen-bond donors (Lipinski definition) is 3. The van der Waals surface area contributed by atoms with Gasteiger partial charge in [-0.15, -0.1) is 0 Å². The molecule has 0 aliphatic carbocycles. The van der Waals surface area contributed by atoms with Gasteiger partial charge in [0.25, 0.3) is 0 Å². The lowest BCUT2D eigenvalue weighted by atomic mass is 10.3. The number of amides is 2. The highest BCUT2D eigenvalue weighted by molar-refractivity contribution is 5.76. The molecule has 0 saturated heterocycles. The zero-order chi connectivity index (χ0) is 14.1. The van der Waals surface area contributed by atoms with Gasteiger partial charge in [0.05, 0.1) is 13.7 Å². The van der Waals surface area contributed by atoms with Crippen molar-refractivity contribution in [1.82, 2.24) is 10.2 Å². The van der Waals surface area contributed by atoms with Gasteiger partial charge in [0.1, 0.15) is 0 Å².